The van der Waals surface area contributed by atoms with Gasteiger partial charge >= 0.3 is 0 Å². The topological polar surface area (TPSA) is 40.6 Å². The van der Waals surface area contributed by atoms with Crippen LogP contribution in [-0.4, -0.2) is 26.3 Å². The van der Waals surface area contributed by atoms with Gasteiger partial charge in [0.1, 0.15) is 0 Å². The Hall–Kier alpha value is -2.53. The van der Waals surface area contributed by atoms with Crippen molar-refractivity contribution in [2.75, 3.05) is 21.3 Å². The first-order valence-corrected chi connectivity index (χ1v) is 8.48. The molecule has 0 spiro atoms. The van der Waals surface area contributed by atoms with Crippen molar-refractivity contribution < 1.29 is 14.2 Å². The second-order valence-corrected chi connectivity index (χ2v) is 6.24. The molecule has 0 fully saturated rings. The zero-order valence-electron chi connectivity index (χ0n) is 14.2. The van der Waals surface area contributed by atoms with Crippen LogP contribution < -0.4 is 14.2 Å². The van der Waals surface area contributed by atoms with Gasteiger partial charge < -0.3 is 14.2 Å². The van der Waals surface area contributed by atoms with Crippen molar-refractivity contribution in [3.63, 3.8) is 0 Å². The van der Waals surface area contributed by atoms with Crippen LogP contribution in [-0.2, 0) is 0 Å². The Kier molecular flexibility index (Phi) is 5.24. The first-order chi connectivity index (χ1) is 12.2. The molecule has 0 saturated heterocycles. The van der Waals surface area contributed by atoms with Crippen molar-refractivity contribution in [2.45, 2.75) is 0 Å². The van der Waals surface area contributed by atoms with E-state index >= 15 is 0 Å². The molecule has 0 aliphatic carbocycles. The Balaban J connectivity index is 2.21. The third kappa shape index (κ3) is 3.46. The third-order valence-corrected chi connectivity index (χ3v) is 4.37. The molecule has 5 heteroatoms. The van der Waals surface area contributed by atoms with Crippen LogP contribution in [0.25, 0.3) is 22.4 Å². The maximum Gasteiger partial charge on any atom is 0.203 e. The Morgan fingerprint density at radius 1 is 0.800 bits per heavy atom. The summed E-state index contributed by atoms with van der Waals surface area (Å²) >= 11 is 3.53. The van der Waals surface area contributed by atoms with E-state index < -0.39 is 0 Å². The van der Waals surface area contributed by atoms with Crippen molar-refractivity contribution in [3.8, 4) is 39.6 Å². The zero-order chi connectivity index (χ0) is 17.8. The molecule has 25 heavy (non-hydrogen) atoms. The normalized spacial score (nSPS) is 10.4. The van der Waals surface area contributed by atoms with Gasteiger partial charge in [-0.15, -0.1) is 0 Å². The summed E-state index contributed by atoms with van der Waals surface area (Å²) in [7, 11) is 4.80. The van der Waals surface area contributed by atoms with Crippen molar-refractivity contribution in [2.24, 2.45) is 0 Å². The quantitative estimate of drug-likeness (QED) is 0.590. The molecular weight excluding hydrogens is 382 g/mol. The highest BCUT2D eigenvalue weighted by Gasteiger charge is 2.17. The number of hydrogen-bond donors (Lipinski definition) is 0. The van der Waals surface area contributed by atoms with E-state index in [4.69, 9.17) is 14.2 Å². The first kappa shape index (κ1) is 17.3. The average molecular weight is 400 g/mol. The summed E-state index contributed by atoms with van der Waals surface area (Å²) in [6.07, 6.45) is 1.78. The van der Waals surface area contributed by atoms with Crippen molar-refractivity contribution in [1.82, 2.24) is 4.98 Å². The molecule has 2 aromatic carbocycles. The van der Waals surface area contributed by atoms with E-state index in [1.54, 1.807) is 27.5 Å². The number of halogens is 1. The molecule has 0 bridgehead atoms. The maximum atomic E-state index is 5.47. The summed E-state index contributed by atoms with van der Waals surface area (Å²) in [5.74, 6) is 1.76. The molecule has 128 valence electrons. The van der Waals surface area contributed by atoms with E-state index in [1.807, 2.05) is 36.4 Å². The highest BCUT2D eigenvalue weighted by molar-refractivity contribution is 9.10. The number of benzene rings is 2. The predicted molar refractivity (Wildman–Crippen MR) is 102 cm³/mol. The molecule has 0 unspecified atom stereocenters. The average Bonchev–Trinajstić information content (AvgIpc) is 2.66. The molecule has 1 heterocycles. The summed E-state index contributed by atoms with van der Waals surface area (Å²) in [4.78, 5) is 4.59. The number of ether oxygens (including phenoxy) is 3. The van der Waals surface area contributed by atoms with Gasteiger partial charge in [0.25, 0.3) is 0 Å². The first-order valence-electron chi connectivity index (χ1n) is 7.69. The molecule has 3 aromatic rings. The largest absolute Gasteiger partial charge is 0.493 e. The monoisotopic (exact) mass is 399 g/mol. The van der Waals surface area contributed by atoms with Gasteiger partial charge in [-0.05, 0) is 35.9 Å². The number of aromatic nitrogens is 1. The van der Waals surface area contributed by atoms with Gasteiger partial charge in [0.2, 0.25) is 5.75 Å². The van der Waals surface area contributed by atoms with Gasteiger partial charge in [-0.1, -0.05) is 34.1 Å². The van der Waals surface area contributed by atoms with Crippen LogP contribution in [0.15, 0.2) is 59.2 Å². The molecular formula is C20H18BrNO3. The molecule has 0 radical (unpaired) electrons. The SMILES string of the molecule is COc1cc(-c2ncccc2-c2cccc(Br)c2)cc(OC)c1OC. The Morgan fingerprint density at radius 3 is 2.12 bits per heavy atom. The van der Waals surface area contributed by atoms with Crippen LogP contribution in [0.4, 0.5) is 0 Å². The fourth-order valence-corrected chi connectivity index (χ4v) is 3.14. The maximum absolute atomic E-state index is 5.47. The molecule has 3 rings (SSSR count). The summed E-state index contributed by atoms with van der Waals surface area (Å²) in [5.41, 5.74) is 3.84. The van der Waals surface area contributed by atoms with Crippen LogP contribution in [0, 0.1) is 0 Å². The third-order valence-electron chi connectivity index (χ3n) is 3.88. The molecule has 4 nitrogen and oxygen atoms in total. The zero-order valence-corrected chi connectivity index (χ0v) is 15.8. The van der Waals surface area contributed by atoms with Gasteiger partial charge in [-0.25, -0.2) is 0 Å². The number of pyridine rings is 1. The highest BCUT2D eigenvalue weighted by Crippen LogP contribution is 2.42. The van der Waals surface area contributed by atoms with E-state index in [0.29, 0.717) is 17.2 Å². The van der Waals surface area contributed by atoms with E-state index in [2.05, 4.69) is 33.0 Å². The van der Waals surface area contributed by atoms with E-state index in [9.17, 15) is 0 Å². The van der Waals surface area contributed by atoms with Gasteiger partial charge in [-0.2, -0.15) is 0 Å². The Bertz CT molecular complexity index is 871. The van der Waals surface area contributed by atoms with Gasteiger partial charge in [0, 0.05) is 21.8 Å². The molecule has 1 aromatic heterocycles. The molecule has 0 aliphatic rings. The lowest BCUT2D eigenvalue weighted by Crippen LogP contribution is -1.97. The number of rotatable bonds is 5. The molecule has 0 N–H and O–H groups in total. The summed E-state index contributed by atoms with van der Waals surface area (Å²) in [6, 6.07) is 15.9. The second kappa shape index (κ2) is 7.57. The van der Waals surface area contributed by atoms with Crippen LogP contribution >= 0.6 is 15.9 Å². The minimum atomic E-state index is 0.564. The molecule has 0 saturated carbocycles. The van der Waals surface area contributed by atoms with Crippen LogP contribution in [0.2, 0.25) is 0 Å². The lowest BCUT2D eigenvalue weighted by Gasteiger charge is -2.15. The fourth-order valence-electron chi connectivity index (χ4n) is 2.74. The number of methoxy groups -OCH3 is 3. The van der Waals surface area contributed by atoms with E-state index in [1.165, 1.54) is 0 Å². The molecule has 0 amide bonds. The van der Waals surface area contributed by atoms with E-state index in [0.717, 1.165) is 26.9 Å². The standard InChI is InChI=1S/C20H18BrNO3/c1-23-17-11-14(12-18(24-2)20(17)25-3)19-16(8-5-9-22-19)13-6-4-7-15(21)10-13/h4-12H,1-3H3. The van der Waals surface area contributed by atoms with Crippen LogP contribution in [0.1, 0.15) is 0 Å². The smallest absolute Gasteiger partial charge is 0.203 e. The van der Waals surface area contributed by atoms with Crippen molar-refractivity contribution >= 4 is 15.9 Å². The van der Waals surface area contributed by atoms with Gasteiger partial charge in [-0.3, -0.25) is 4.98 Å². The van der Waals surface area contributed by atoms with E-state index in [-0.39, 0.29) is 0 Å². The van der Waals surface area contributed by atoms with Crippen molar-refractivity contribution in [3.05, 3.63) is 59.2 Å². The van der Waals surface area contributed by atoms with Gasteiger partial charge in [0.15, 0.2) is 11.5 Å². The highest BCUT2D eigenvalue weighted by atomic mass is 79.9. The lowest BCUT2D eigenvalue weighted by molar-refractivity contribution is 0.324. The second-order valence-electron chi connectivity index (χ2n) is 5.32. The van der Waals surface area contributed by atoms with Crippen LogP contribution in [0.5, 0.6) is 17.2 Å². The van der Waals surface area contributed by atoms with Crippen LogP contribution in [0.3, 0.4) is 0 Å². The molecule has 0 aliphatic heterocycles. The summed E-state index contributed by atoms with van der Waals surface area (Å²) in [5, 5.41) is 0. The predicted octanol–water partition coefficient (Wildman–Crippen LogP) is 5.20. The fraction of sp³-hybridized carbons (Fsp3) is 0.150. The number of nitrogens with zero attached hydrogens (tertiary/aromatic N) is 1. The summed E-state index contributed by atoms with van der Waals surface area (Å²) < 4.78 is 17.4. The minimum absolute atomic E-state index is 0.564. The molecule has 0 atom stereocenters. The lowest BCUT2D eigenvalue weighted by atomic mass is 9.99. The Labute approximate surface area is 155 Å². The minimum Gasteiger partial charge on any atom is -0.493 e. The summed E-state index contributed by atoms with van der Waals surface area (Å²) in [6.45, 7) is 0. The Morgan fingerprint density at radius 2 is 1.52 bits per heavy atom. The van der Waals surface area contributed by atoms with Gasteiger partial charge in [0.05, 0.1) is 27.0 Å². The number of hydrogen-bond acceptors (Lipinski definition) is 4. The van der Waals surface area contributed by atoms with Crippen molar-refractivity contribution in [1.29, 1.82) is 0 Å².